The number of rotatable bonds is 3. The zero-order valence-electron chi connectivity index (χ0n) is 12.5. The normalized spacial score (nSPS) is 18.0. The Kier molecular flexibility index (Phi) is 4.08. The third-order valence-corrected chi connectivity index (χ3v) is 3.81. The quantitative estimate of drug-likeness (QED) is 0.924. The first kappa shape index (κ1) is 16.2. The molecular formula is C15H14F3N5O. The van der Waals surface area contributed by atoms with Gasteiger partial charge in [0.2, 0.25) is 5.91 Å². The van der Waals surface area contributed by atoms with Crippen LogP contribution < -0.4 is 10.6 Å². The zero-order chi connectivity index (χ0) is 17.3. The van der Waals surface area contributed by atoms with E-state index in [1.807, 2.05) is 0 Å². The van der Waals surface area contributed by atoms with Crippen LogP contribution in [0.4, 0.5) is 19.0 Å². The molecule has 0 aliphatic carbocycles. The Balaban J connectivity index is 2.02. The lowest BCUT2D eigenvalue weighted by atomic mass is 10.1. The summed E-state index contributed by atoms with van der Waals surface area (Å²) in [6.45, 7) is 0.648. The van der Waals surface area contributed by atoms with E-state index in [9.17, 15) is 18.0 Å². The van der Waals surface area contributed by atoms with Gasteiger partial charge in [0.15, 0.2) is 11.5 Å². The molecule has 1 fully saturated rings. The molecule has 3 heterocycles. The highest BCUT2D eigenvalue weighted by Gasteiger charge is 2.35. The Morgan fingerprint density at radius 1 is 1.29 bits per heavy atom. The number of pyridine rings is 1. The number of primary amides is 1. The number of anilines is 1. The minimum absolute atomic E-state index is 0.108. The van der Waals surface area contributed by atoms with Gasteiger partial charge in [-0.3, -0.25) is 9.78 Å². The van der Waals surface area contributed by atoms with E-state index in [1.165, 1.54) is 12.3 Å². The summed E-state index contributed by atoms with van der Waals surface area (Å²) >= 11 is 0. The van der Waals surface area contributed by atoms with Crippen LogP contribution >= 0.6 is 0 Å². The van der Waals surface area contributed by atoms with Crippen molar-refractivity contribution < 1.29 is 18.0 Å². The molecule has 126 valence electrons. The molecule has 1 aliphatic rings. The number of aromatic nitrogens is 3. The zero-order valence-corrected chi connectivity index (χ0v) is 12.5. The van der Waals surface area contributed by atoms with Crippen molar-refractivity contribution in [2.24, 2.45) is 11.7 Å². The van der Waals surface area contributed by atoms with Gasteiger partial charge in [-0.05, 0) is 18.6 Å². The van der Waals surface area contributed by atoms with Gasteiger partial charge in [0.1, 0.15) is 11.5 Å². The van der Waals surface area contributed by atoms with Crippen LogP contribution in [0.5, 0.6) is 0 Å². The van der Waals surface area contributed by atoms with E-state index < -0.39 is 23.7 Å². The van der Waals surface area contributed by atoms with Gasteiger partial charge in [0, 0.05) is 25.4 Å². The van der Waals surface area contributed by atoms with Gasteiger partial charge in [-0.2, -0.15) is 13.2 Å². The molecule has 1 aliphatic heterocycles. The highest BCUT2D eigenvalue weighted by atomic mass is 19.4. The van der Waals surface area contributed by atoms with Crippen LogP contribution in [0.3, 0.4) is 0 Å². The van der Waals surface area contributed by atoms with E-state index in [2.05, 4.69) is 15.0 Å². The van der Waals surface area contributed by atoms with Crippen molar-refractivity contribution in [1.29, 1.82) is 0 Å². The molecule has 1 atom stereocenters. The first-order valence-corrected chi connectivity index (χ1v) is 7.26. The predicted molar refractivity (Wildman–Crippen MR) is 79.8 cm³/mol. The Labute approximate surface area is 135 Å². The molecule has 0 aromatic carbocycles. The number of carbonyl (C=O) groups is 1. The molecule has 9 heteroatoms. The topological polar surface area (TPSA) is 85.0 Å². The number of halogens is 3. The number of alkyl halides is 3. The maximum atomic E-state index is 13.2. The van der Waals surface area contributed by atoms with Gasteiger partial charge in [0.05, 0.1) is 5.92 Å². The van der Waals surface area contributed by atoms with Gasteiger partial charge in [-0.1, -0.05) is 6.07 Å². The molecular weight excluding hydrogens is 323 g/mol. The van der Waals surface area contributed by atoms with E-state index >= 15 is 0 Å². The molecule has 2 aromatic rings. The Morgan fingerprint density at radius 3 is 2.67 bits per heavy atom. The van der Waals surface area contributed by atoms with Crippen LogP contribution in [-0.2, 0) is 11.0 Å². The molecule has 0 spiro atoms. The van der Waals surface area contributed by atoms with Crippen molar-refractivity contribution in [2.45, 2.75) is 12.6 Å². The molecule has 24 heavy (non-hydrogen) atoms. The summed E-state index contributed by atoms with van der Waals surface area (Å²) in [7, 11) is 0. The summed E-state index contributed by atoms with van der Waals surface area (Å²) in [5.41, 5.74) is 4.47. The lowest BCUT2D eigenvalue weighted by molar-refractivity contribution is -0.141. The van der Waals surface area contributed by atoms with E-state index in [0.29, 0.717) is 13.0 Å². The number of amides is 1. The van der Waals surface area contributed by atoms with Gasteiger partial charge >= 0.3 is 6.18 Å². The van der Waals surface area contributed by atoms with Crippen molar-refractivity contribution in [3.05, 3.63) is 36.2 Å². The van der Waals surface area contributed by atoms with Crippen LogP contribution in [-0.4, -0.2) is 33.9 Å². The van der Waals surface area contributed by atoms with Gasteiger partial charge in [-0.15, -0.1) is 0 Å². The van der Waals surface area contributed by atoms with Crippen LogP contribution in [0, 0.1) is 5.92 Å². The summed E-state index contributed by atoms with van der Waals surface area (Å²) in [5, 5.41) is 0. The van der Waals surface area contributed by atoms with Crippen LogP contribution in [0.25, 0.3) is 11.5 Å². The second kappa shape index (κ2) is 6.06. The van der Waals surface area contributed by atoms with Crippen LogP contribution in [0.1, 0.15) is 12.1 Å². The average molecular weight is 337 g/mol. The van der Waals surface area contributed by atoms with Crippen molar-refractivity contribution in [1.82, 2.24) is 15.0 Å². The smallest absolute Gasteiger partial charge is 0.369 e. The molecule has 0 bridgehead atoms. The largest absolute Gasteiger partial charge is 0.433 e. The fraction of sp³-hybridized carbons (Fsp3) is 0.333. The third-order valence-electron chi connectivity index (χ3n) is 3.81. The summed E-state index contributed by atoms with van der Waals surface area (Å²) < 4.78 is 39.5. The lowest BCUT2D eigenvalue weighted by Gasteiger charge is -2.19. The Bertz CT molecular complexity index is 751. The second-order valence-corrected chi connectivity index (χ2v) is 5.48. The number of nitrogens with two attached hydrogens (primary N) is 1. The average Bonchev–Trinajstić information content (AvgIpc) is 3.05. The fourth-order valence-corrected chi connectivity index (χ4v) is 2.55. The summed E-state index contributed by atoms with van der Waals surface area (Å²) in [6.07, 6.45) is -2.67. The second-order valence-electron chi connectivity index (χ2n) is 5.48. The summed E-state index contributed by atoms with van der Waals surface area (Å²) in [4.78, 5) is 24.7. The molecule has 1 saturated heterocycles. The van der Waals surface area contributed by atoms with E-state index in [-0.39, 0.29) is 23.9 Å². The van der Waals surface area contributed by atoms with Crippen LogP contribution in [0.2, 0.25) is 0 Å². The van der Waals surface area contributed by atoms with E-state index in [1.54, 1.807) is 17.0 Å². The number of nitrogens with zero attached hydrogens (tertiary/aromatic N) is 4. The summed E-state index contributed by atoms with van der Waals surface area (Å²) in [6, 6.07) is 5.71. The minimum Gasteiger partial charge on any atom is -0.369 e. The molecule has 2 aromatic heterocycles. The van der Waals surface area contributed by atoms with Crippen molar-refractivity contribution in [3.8, 4) is 11.5 Å². The molecule has 1 amide bonds. The SMILES string of the molecule is NC(=O)[C@H]1CCN(c2cc(C(F)(F)F)nc(-c3ccccn3)n2)C1. The monoisotopic (exact) mass is 337 g/mol. The molecule has 6 nitrogen and oxygen atoms in total. The van der Waals surface area contributed by atoms with Crippen molar-refractivity contribution in [3.63, 3.8) is 0 Å². The first-order valence-electron chi connectivity index (χ1n) is 7.26. The Morgan fingerprint density at radius 2 is 2.08 bits per heavy atom. The van der Waals surface area contributed by atoms with Gasteiger partial charge in [0.25, 0.3) is 0 Å². The predicted octanol–water partition coefficient (Wildman–Crippen LogP) is 1.87. The molecule has 2 N–H and O–H groups in total. The third kappa shape index (κ3) is 3.29. The van der Waals surface area contributed by atoms with Crippen molar-refractivity contribution in [2.75, 3.05) is 18.0 Å². The van der Waals surface area contributed by atoms with E-state index in [0.717, 1.165) is 6.07 Å². The molecule has 0 radical (unpaired) electrons. The maximum Gasteiger partial charge on any atom is 0.433 e. The molecule has 0 unspecified atom stereocenters. The molecule has 0 saturated carbocycles. The molecule has 3 rings (SSSR count). The highest BCUT2D eigenvalue weighted by Crippen LogP contribution is 2.32. The minimum atomic E-state index is -4.61. The first-order chi connectivity index (χ1) is 11.3. The van der Waals surface area contributed by atoms with Crippen LogP contribution in [0.15, 0.2) is 30.5 Å². The Hall–Kier alpha value is -2.71. The fourth-order valence-electron chi connectivity index (χ4n) is 2.55. The number of carbonyl (C=O) groups excluding carboxylic acids is 1. The number of hydrogen-bond acceptors (Lipinski definition) is 5. The summed E-state index contributed by atoms with van der Waals surface area (Å²) in [5.74, 6) is -0.857. The van der Waals surface area contributed by atoms with Crippen molar-refractivity contribution >= 4 is 11.7 Å². The highest BCUT2D eigenvalue weighted by molar-refractivity contribution is 5.78. The maximum absolute atomic E-state index is 13.2. The van der Waals surface area contributed by atoms with Gasteiger partial charge < -0.3 is 10.6 Å². The van der Waals surface area contributed by atoms with Gasteiger partial charge in [-0.25, -0.2) is 9.97 Å². The standard InChI is InChI=1S/C15H14F3N5O/c16-15(17,18)11-7-12(23-6-4-9(8-23)13(19)24)22-14(21-11)10-3-1-2-5-20-10/h1-3,5,7,9H,4,6,8H2,(H2,19,24)/t9-/m0/s1. The van der Waals surface area contributed by atoms with E-state index in [4.69, 9.17) is 5.73 Å². The number of hydrogen-bond donors (Lipinski definition) is 1. The lowest BCUT2D eigenvalue weighted by Crippen LogP contribution is -2.28.